The van der Waals surface area contributed by atoms with Crippen molar-refractivity contribution in [3.8, 4) is 23.1 Å². The lowest BCUT2D eigenvalue weighted by molar-refractivity contribution is 0.0953. The van der Waals surface area contributed by atoms with E-state index >= 15 is 0 Å². The second-order valence-corrected chi connectivity index (χ2v) is 5.77. The summed E-state index contributed by atoms with van der Waals surface area (Å²) in [5.41, 5.74) is 1.96. The molecule has 0 aliphatic rings. The van der Waals surface area contributed by atoms with E-state index in [0.717, 1.165) is 18.5 Å². The van der Waals surface area contributed by atoms with Crippen LogP contribution in [0.3, 0.4) is 0 Å². The Morgan fingerprint density at radius 3 is 2.81 bits per heavy atom. The second kappa shape index (κ2) is 8.79. The summed E-state index contributed by atoms with van der Waals surface area (Å²) in [5.74, 6) is 0.265. The van der Waals surface area contributed by atoms with Crippen LogP contribution in [0.5, 0.6) is 11.9 Å². The van der Waals surface area contributed by atoms with Gasteiger partial charge >= 0.3 is 6.01 Å². The van der Waals surface area contributed by atoms with E-state index in [1.165, 1.54) is 14.2 Å². The zero-order valence-electron chi connectivity index (χ0n) is 15.3. The molecule has 1 aromatic carbocycles. The molecule has 0 saturated heterocycles. The van der Waals surface area contributed by atoms with Crippen LogP contribution in [0.4, 0.5) is 0 Å². The van der Waals surface area contributed by atoms with Crippen LogP contribution in [0, 0.1) is 0 Å². The molecule has 0 spiro atoms. The number of methoxy groups -OCH3 is 2. The summed E-state index contributed by atoms with van der Waals surface area (Å²) in [4.78, 5) is 24.8. The van der Waals surface area contributed by atoms with Gasteiger partial charge in [-0.25, -0.2) is 4.98 Å². The smallest absolute Gasteiger partial charge is 0.320 e. The maximum absolute atomic E-state index is 12.4. The maximum atomic E-state index is 12.4. The molecule has 27 heavy (non-hydrogen) atoms. The molecule has 2 heterocycles. The first-order valence-electron chi connectivity index (χ1n) is 8.51. The molecule has 140 valence electrons. The van der Waals surface area contributed by atoms with Crippen LogP contribution in [-0.2, 0) is 6.54 Å². The van der Waals surface area contributed by atoms with Crippen LogP contribution in [0.1, 0.15) is 16.8 Å². The summed E-state index contributed by atoms with van der Waals surface area (Å²) in [6.07, 6.45) is 6.22. The fraction of sp³-hybridized carbons (Fsp3) is 0.263. The fourth-order valence-corrected chi connectivity index (χ4v) is 2.55. The Labute approximate surface area is 157 Å². The average Bonchev–Trinajstić information content (AvgIpc) is 3.24. The first-order chi connectivity index (χ1) is 13.2. The molecule has 0 unspecified atom stereocenters. The Morgan fingerprint density at radius 1 is 1.19 bits per heavy atom. The minimum atomic E-state index is -0.129. The molecular formula is C19H21N5O3. The summed E-state index contributed by atoms with van der Waals surface area (Å²) < 4.78 is 12.3. The monoisotopic (exact) mass is 367 g/mol. The van der Waals surface area contributed by atoms with Crippen molar-refractivity contribution in [2.45, 2.75) is 13.0 Å². The van der Waals surface area contributed by atoms with Crippen molar-refractivity contribution in [1.29, 1.82) is 0 Å². The van der Waals surface area contributed by atoms with Gasteiger partial charge in [-0.2, -0.15) is 9.97 Å². The summed E-state index contributed by atoms with van der Waals surface area (Å²) in [6.45, 7) is 1.39. The van der Waals surface area contributed by atoms with Crippen molar-refractivity contribution in [3.63, 3.8) is 0 Å². The molecule has 0 atom stereocenters. The summed E-state index contributed by atoms with van der Waals surface area (Å²) in [5, 5.41) is 2.93. The number of nitrogens with one attached hydrogen (secondary N) is 1. The molecule has 2 aromatic heterocycles. The van der Waals surface area contributed by atoms with E-state index in [1.54, 1.807) is 30.7 Å². The molecule has 0 bridgehead atoms. The predicted molar refractivity (Wildman–Crippen MR) is 99.7 cm³/mol. The van der Waals surface area contributed by atoms with Crippen LogP contribution in [-0.4, -0.2) is 46.2 Å². The van der Waals surface area contributed by atoms with Gasteiger partial charge in [-0.3, -0.25) is 4.79 Å². The lowest BCUT2D eigenvalue weighted by atomic mass is 10.1. The molecule has 0 saturated carbocycles. The molecule has 1 N–H and O–H groups in total. The highest BCUT2D eigenvalue weighted by molar-refractivity contribution is 5.95. The molecule has 0 aliphatic carbocycles. The van der Waals surface area contributed by atoms with Crippen LogP contribution >= 0.6 is 0 Å². The Balaban J connectivity index is 1.67. The lowest BCUT2D eigenvalue weighted by Crippen LogP contribution is -2.25. The van der Waals surface area contributed by atoms with Crippen molar-refractivity contribution < 1.29 is 14.3 Å². The SMILES string of the molecule is COc1cc(-c2cccc(C(=O)NCCCn3ccnc3)c2)nc(OC)n1. The largest absolute Gasteiger partial charge is 0.481 e. The van der Waals surface area contributed by atoms with E-state index in [-0.39, 0.29) is 11.9 Å². The van der Waals surface area contributed by atoms with Gasteiger partial charge < -0.3 is 19.4 Å². The molecule has 3 rings (SSSR count). The minimum Gasteiger partial charge on any atom is -0.481 e. The Hall–Kier alpha value is -3.42. The minimum absolute atomic E-state index is 0.129. The number of carbonyl (C=O) groups excluding carboxylic acids is 1. The second-order valence-electron chi connectivity index (χ2n) is 5.77. The van der Waals surface area contributed by atoms with E-state index in [2.05, 4.69) is 20.3 Å². The van der Waals surface area contributed by atoms with E-state index in [0.29, 0.717) is 23.7 Å². The van der Waals surface area contributed by atoms with Crippen LogP contribution in [0.25, 0.3) is 11.3 Å². The molecule has 8 nitrogen and oxygen atoms in total. The predicted octanol–water partition coefficient (Wildman–Crippen LogP) is 2.18. The molecule has 8 heteroatoms. The van der Waals surface area contributed by atoms with Crippen molar-refractivity contribution >= 4 is 5.91 Å². The molecule has 1 amide bonds. The summed E-state index contributed by atoms with van der Waals surface area (Å²) in [6, 6.07) is 9.15. The van der Waals surface area contributed by atoms with E-state index in [4.69, 9.17) is 9.47 Å². The summed E-state index contributed by atoms with van der Waals surface area (Å²) >= 11 is 0. The average molecular weight is 367 g/mol. The van der Waals surface area contributed by atoms with Gasteiger partial charge in [-0.1, -0.05) is 12.1 Å². The van der Waals surface area contributed by atoms with Crippen LogP contribution in [0.2, 0.25) is 0 Å². The number of benzene rings is 1. The number of nitrogens with zero attached hydrogens (tertiary/aromatic N) is 4. The third kappa shape index (κ3) is 4.81. The number of ether oxygens (including phenoxy) is 2. The highest BCUT2D eigenvalue weighted by Crippen LogP contribution is 2.24. The van der Waals surface area contributed by atoms with Gasteiger partial charge in [0.05, 0.1) is 26.2 Å². The normalized spacial score (nSPS) is 10.4. The highest BCUT2D eigenvalue weighted by Gasteiger charge is 2.11. The van der Waals surface area contributed by atoms with Gasteiger partial charge in [-0.05, 0) is 18.6 Å². The number of hydrogen-bond acceptors (Lipinski definition) is 6. The van der Waals surface area contributed by atoms with Gasteiger partial charge in [0.15, 0.2) is 0 Å². The molecule has 0 fully saturated rings. The first kappa shape index (κ1) is 18.4. The molecule has 0 aliphatic heterocycles. The number of rotatable bonds is 8. The van der Waals surface area contributed by atoms with Gasteiger partial charge in [0.25, 0.3) is 5.91 Å². The molecule has 3 aromatic rings. The number of aromatic nitrogens is 4. The quantitative estimate of drug-likeness (QED) is 0.614. The zero-order valence-corrected chi connectivity index (χ0v) is 15.3. The third-order valence-corrected chi connectivity index (χ3v) is 3.93. The standard InChI is InChI=1S/C19H21N5O3/c1-26-17-12-16(22-19(23-17)27-2)14-5-3-6-15(11-14)18(25)21-7-4-9-24-10-8-20-13-24/h3,5-6,8,10-13H,4,7,9H2,1-2H3,(H,21,25). The number of carbonyl (C=O) groups is 1. The van der Waals surface area contributed by atoms with Gasteiger partial charge in [0.2, 0.25) is 5.88 Å². The van der Waals surface area contributed by atoms with Crippen molar-refractivity contribution in [3.05, 3.63) is 54.6 Å². The third-order valence-electron chi connectivity index (χ3n) is 3.93. The Bertz CT molecular complexity index is 874. The van der Waals surface area contributed by atoms with E-state index in [9.17, 15) is 4.79 Å². The topological polar surface area (TPSA) is 91.2 Å². The Morgan fingerprint density at radius 2 is 2.07 bits per heavy atom. The van der Waals surface area contributed by atoms with Gasteiger partial charge in [0, 0.05) is 42.7 Å². The summed E-state index contributed by atoms with van der Waals surface area (Å²) in [7, 11) is 3.02. The van der Waals surface area contributed by atoms with Crippen molar-refractivity contribution in [2.24, 2.45) is 0 Å². The first-order valence-corrected chi connectivity index (χ1v) is 8.51. The number of amides is 1. The van der Waals surface area contributed by atoms with E-state index < -0.39 is 0 Å². The molecular weight excluding hydrogens is 346 g/mol. The van der Waals surface area contributed by atoms with E-state index in [1.807, 2.05) is 22.9 Å². The highest BCUT2D eigenvalue weighted by atomic mass is 16.5. The maximum Gasteiger partial charge on any atom is 0.320 e. The van der Waals surface area contributed by atoms with Crippen molar-refractivity contribution in [1.82, 2.24) is 24.8 Å². The van der Waals surface area contributed by atoms with Crippen molar-refractivity contribution in [2.75, 3.05) is 20.8 Å². The fourth-order valence-electron chi connectivity index (χ4n) is 2.55. The lowest BCUT2D eigenvalue weighted by Gasteiger charge is -2.09. The zero-order chi connectivity index (χ0) is 19.1. The van der Waals surface area contributed by atoms with Gasteiger partial charge in [0.1, 0.15) is 0 Å². The number of aryl methyl sites for hydroxylation is 1. The number of imidazole rings is 1. The number of hydrogen-bond donors (Lipinski definition) is 1. The van der Waals surface area contributed by atoms with Crippen LogP contribution < -0.4 is 14.8 Å². The van der Waals surface area contributed by atoms with Gasteiger partial charge in [-0.15, -0.1) is 0 Å². The van der Waals surface area contributed by atoms with Crippen LogP contribution in [0.15, 0.2) is 49.1 Å². The molecule has 0 radical (unpaired) electrons. The Kier molecular flexibility index (Phi) is 5.98.